The molecule has 0 radical (unpaired) electrons. The Bertz CT molecular complexity index is 236. The van der Waals surface area contributed by atoms with E-state index in [0.717, 1.165) is 6.42 Å². The Balaban J connectivity index is 2.51. The van der Waals surface area contributed by atoms with Crippen LogP contribution in [0.1, 0.15) is 47.0 Å². The lowest BCUT2D eigenvalue weighted by molar-refractivity contribution is -0.124. The van der Waals surface area contributed by atoms with E-state index in [0.29, 0.717) is 6.04 Å². The summed E-state index contributed by atoms with van der Waals surface area (Å²) in [5, 5.41) is 3.09. The molecule has 15 heavy (non-hydrogen) atoms. The molecule has 2 unspecified atom stereocenters. The van der Waals surface area contributed by atoms with Crippen LogP contribution in [0.15, 0.2) is 0 Å². The van der Waals surface area contributed by atoms with Gasteiger partial charge in [0, 0.05) is 6.04 Å². The van der Waals surface area contributed by atoms with Gasteiger partial charge in [0.1, 0.15) is 0 Å². The van der Waals surface area contributed by atoms with E-state index in [2.05, 4.69) is 19.2 Å². The molecule has 0 bridgehead atoms. The molecule has 0 aromatic carbocycles. The highest BCUT2D eigenvalue weighted by molar-refractivity contribution is 5.82. The Labute approximate surface area is 92.8 Å². The molecule has 1 rings (SSSR count). The molecule has 0 aliphatic heterocycles. The van der Waals surface area contributed by atoms with Crippen molar-refractivity contribution in [3.8, 4) is 0 Å². The molecular formula is C12H24N2O. The normalized spacial score (nSPS) is 26.7. The second kappa shape index (κ2) is 4.52. The van der Waals surface area contributed by atoms with Crippen molar-refractivity contribution in [2.24, 2.45) is 17.1 Å². The van der Waals surface area contributed by atoms with Crippen LogP contribution in [-0.2, 0) is 4.79 Å². The molecule has 0 heterocycles. The Hall–Kier alpha value is -0.570. The lowest BCUT2D eigenvalue weighted by Gasteiger charge is -2.29. The van der Waals surface area contributed by atoms with Crippen LogP contribution in [-0.4, -0.2) is 18.0 Å². The van der Waals surface area contributed by atoms with Gasteiger partial charge in [-0.2, -0.15) is 0 Å². The van der Waals surface area contributed by atoms with Gasteiger partial charge in [0.2, 0.25) is 5.91 Å². The van der Waals surface area contributed by atoms with Gasteiger partial charge in [0.05, 0.1) is 6.04 Å². The van der Waals surface area contributed by atoms with Crippen LogP contribution in [0.5, 0.6) is 0 Å². The van der Waals surface area contributed by atoms with Gasteiger partial charge in [-0.05, 0) is 24.2 Å². The Morgan fingerprint density at radius 1 is 1.47 bits per heavy atom. The van der Waals surface area contributed by atoms with Gasteiger partial charge in [0.25, 0.3) is 0 Å². The van der Waals surface area contributed by atoms with Crippen molar-refractivity contribution in [3.63, 3.8) is 0 Å². The number of carbonyl (C=O) groups is 1. The van der Waals surface area contributed by atoms with Gasteiger partial charge >= 0.3 is 0 Å². The zero-order valence-electron chi connectivity index (χ0n) is 10.3. The van der Waals surface area contributed by atoms with E-state index in [4.69, 9.17) is 5.73 Å². The first-order valence-corrected chi connectivity index (χ1v) is 5.90. The number of rotatable bonds is 3. The minimum atomic E-state index is -0.374. The van der Waals surface area contributed by atoms with Gasteiger partial charge in [-0.25, -0.2) is 0 Å². The van der Waals surface area contributed by atoms with Crippen LogP contribution >= 0.6 is 0 Å². The predicted octanol–water partition coefficient (Wildman–Crippen LogP) is 1.66. The molecule has 1 amide bonds. The third-order valence-electron chi connectivity index (χ3n) is 3.59. The fourth-order valence-electron chi connectivity index (χ4n) is 2.17. The molecule has 0 aromatic rings. The van der Waals surface area contributed by atoms with Crippen molar-refractivity contribution >= 4 is 5.91 Å². The van der Waals surface area contributed by atoms with Crippen LogP contribution < -0.4 is 11.1 Å². The monoisotopic (exact) mass is 212 g/mol. The smallest absolute Gasteiger partial charge is 0.237 e. The van der Waals surface area contributed by atoms with E-state index in [1.807, 2.05) is 13.8 Å². The molecule has 0 spiro atoms. The van der Waals surface area contributed by atoms with Gasteiger partial charge in [-0.3, -0.25) is 4.79 Å². The van der Waals surface area contributed by atoms with Crippen molar-refractivity contribution in [2.75, 3.05) is 0 Å². The molecule has 1 fully saturated rings. The zero-order valence-corrected chi connectivity index (χ0v) is 10.3. The predicted molar refractivity (Wildman–Crippen MR) is 62.4 cm³/mol. The molecule has 0 aromatic heterocycles. The Kier molecular flexibility index (Phi) is 3.77. The van der Waals surface area contributed by atoms with Crippen LogP contribution in [0.2, 0.25) is 0 Å². The maximum atomic E-state index is 11.8. The van der Waals surface area contributed by atoms with Crippen LogP contribution in [0.4, 0.5) is 0 Å². The molecule has 0 saturated heterocycles. The molecule has 3 heteroatoms. The second-order valence-electron chi connectivity index (χ2n) is 5.71. The van der Waals surface area contributed by atoms with Crippen molar-refractivity contribution in [2.45, 2.75) is 59.0 Å². The summed E-state index contributed by atoms with van der Waals surface area (Å²) in [6, 6.07) is -0.0730. The molecule has 1 aliphatic rings. The summed E-state index contributed by atoms with van der Waals surface area (Å²) in [6.07, 6.45) is 3.48. The third kappa shape index (κ3) is 2.94. The fraction of sp³-hybridized carbons (Fsp3) is 0.917. The van der Waals surface area contributed by atoms with Gasteiger partial charge < -0.3 is 11.1 Å². The Morgan fingerprint density at radius 3 is 2.47 bits per heavy atom. The highest BCUT2D eigenvalue weighted by Gasteiger charge is 2.36. The zero-order chi connectivity index (χ0) is 11.6. The van der Waals surface area contributed by atoms with Crippen molar-refractivity contribution in [3.05, 3.63) is 0 Å². The largest absolute Gasteiger partial charge is 0.351 e. The number of amides is 1. The fourth-order valence-corrected chi connectivity index (χ4v) is 2.17. The molecule has 3 N–H and O–H groups in total. The molecule has 1 aliphatic carbocycles. The minimum Gasteiger partial charge on any atom is -0.351 e. The molecule has 3 nitrogen and oxygen atoms in total. The van der Waals surface area contributed by atoms with E-state index in [1.54, 1.807) is 0 Å². The second-order valence-corrected chi connectivity index (χ2v) is 5.71. The van der Waals surface area contributed by atoms with E-state index < -0.39 is 0 Å². The first kappa shape index (κ1) is 12.5. The lowest BCUT2D eigenvalue weighted by atomic mass is 9.87. The molecule has 88 valence electrons. The quantitative estimate of drug-likeness (QED) is 0.747. The summed E-state index contributed by atoms with van der Waals surface area (Å²) >= 11 is 0. The number of hydrogen-bond donors (Lipinski definition) is 2. The number of hydrogen-bond acceptors (Lipinski definition) is 2. The summed E-state index contributed by atoms with van der Waals surface area (Å²) < 4.78 is 0. The highest BCUT2D eigenvalue weighted by atomic mass is 16.2. The first-order chi connectivity index (χ1) is 6.84. The average Bonchev–Trinajstić information content (AvgIpc) is 2.44. The summed E-state index contributed by atoms with van der Waals surface area (Å²) in [5.41, 5.74) is 6.04. The summed E-state index contributed by atoms with van der Waals surface area (Å²) in [6.45, 7) is 8.38. The number of nitrogens with one attached hydrogen (secondary N) is 1. The van der Waals surface area contributed by atoms with Crippen molar-refractivity contribution in [1.29, 1.82) is 0 Å². The Morgan fingerprint density at radius 2 is 2.07 bits per heavy atom. The SMILES string of the molecule is CC(C)C(N)C(=O)NC1CCCC1(C)C. The van der Waals surface area contributed by atoms with Crippen LogP contribution in [0, 0.1) is 11.3 Å². The van der Waals surface area contributed by atoms with E-state index in [1.165, 1.54) is 12.8 Å². The summed E-state index contributed by atoms with van der Waals surface area (Å²) in [4.78, 5) is 11.8. The van der Waals surface area contributed by atoms with E-state index in [9.17, 15) is 4.79 Å². The topological polar surface area (TPSA) is 55.1 Å². The molecular weight excluding hydrogens is 188 g/mol. The van der Waals surface area contributed by atoms with Crippen molar-refractivity contribution < 1.29 is 4.79 Å². The van der Waals surface area contributed by atoms with Gasteiger partial charge in [0.15, 0.2) is 0 Å². The third-order valence-corrected chi connectivity index (χ3v) is 3.59. The summed E-state index contributed by atoms with van der Waals surface area (Å²) in [5.74, 6) is 0.208. The molecule has 2 atom stereocenters. The minimum absolute atomic E-state index is 0.00461. The maximum Gasteiger partial charge on any atom is 0.237 e. The summed E-state index contributed by atoms with van der Waals surface area (Å²) in [7, 11) is 0. The average molecular weight is 212 g/mol. The lowest BCUT2D eigenvalue weighted by Crippen LogP contribution is -2.50. The van der Waals surface area contributed by atoms with Gasteiger partial charge in [-0.15, -0.1) is 0 Å². The molecule has 1 saturated carbocycles. The van der Waals surface area contributed by atoms with E-state index >= 15 is 0 Å². The van der Waals surface area contributed by atoms with E-state index in [-0.39, 0.29) is 23.3 Å². The maximum absolute atomic E-state index is 11.8. The van der Waals surface area contributed by atoms with Gasteiger partial charge in [-0.1, -0.05) is 34.1 Å². The first-order valence-electron chi connectivity index (χ1n) is 5.90. The van der Waals surface area contributed by atoms with Crippen LogP contribution in [0.25, 0.3) is 0 Å². The van der Waals surface area contributed by atoms with Crippen molar-refractivity contribution in [1.82, 2.24) is 5.32 Å². The standard InChI is InChI=1S/C12H24N2O/c1-8(2)10(13)11(15)14-9-6-5-7-12(9,3)4/h8-10H,5-7,13H2,1-4H3,(H,14,15). The highest BCUT2D eigenvalue weighted by Crippen LogP contribution is 2.37. The number of carbonyl (C=O) groups excluding carboxylic acids is 1. The van der Waals surface area contributed by atoms with Crippen LogP contribution in [0.3, 0.4) is 0 Å². The number of nitrogens with two attached hydrogens (primary N) is 1.